The van der Waals surface area contributed by atoms with E-state index >= 15 is 0 Å². The van der Waals surface area contributed by atoms with Crippen molar-refractivity contribution in [3.05, 3.63) is 124 Å². The first-order chi connectivity index (χ1) is 24.4. The van der Waals surface area contributed by atoms with E-state index in [0.717, 1.165) is 31.2 Å². The Bertz CT molecular complexity index is 2020. The zero-order valence-corrected chi connectivity index (χ0v) is 27.9. The van der Waals surface area contributed by atoms with Crippen molar-refractivity contribution >= 4 is 27.6 Å². The highest BCUT2D eigenvalue weighted by molar-refractivity contribution is 7.89. The minimum Gasteiger partial charge on any atom is -0.488 e. The molecule has 1 aliphatic carbocycles. The molecule has 2 aliphatic rings. The van der Waals surface area contributed by atoms with Crippen LogP contribution in [0.5, 0.6) is 5.75 Å². The monoisotopic (exact) mass is 728 g/mol. The molecule has 4 aromatic rings. The lowest BCUT2D eigenvalue weighted by atomic mass is 9.84. The molecule has 1 aliphatic heterocycles. The van der Waals surface area contributed by atoms with Gasteiger partial charge in [0.15, 0.2) is 28.2 Å². The van der Waals surface area contributed by atoms with Gasteiger partial charge in [-0.05, 0) is 47.6 Å². The number of sulfonamides is 1. The summed E-state index contributed by atoms with van der Waals surface area (Å²) in [5, 5.41) is 9.85. The summed E-state index contributed by atoms with van der Waals surface area (Å²) >= 11 is 0. The normalized spacial score (nSPS) is 15.7. The second-order valence-electron chi connectivity index (χ2n) is 12.7. The van der Waals surface area contributed by atoms with Crippen LogP contribution < -0.4 is 9.64 Å². The molecule has 0 radical (unpaired) electrons. The number of hydrogen-bond acceptors (Lipinski definition) is 5. The van der Waals surface area contributed by atoms with Crippen LogP contribution in [0.2, 0.25) is 0 Å². The Morgan fingerprint density at radius 3 is 2.00 bits per heavy atom. The number of halogens is 5. The minimum absolute atomic E-state index is 0.0186. The summed E-state index contributed by atoms with van der Waals surface area (Å²) < 4.78 is 103. The van der Waals surface area contributed by atoms with Crippen LogP contribution in [0.15, 0.2) is 77.7 Å². The third kappa shape index (κ3) is 7.33. The van der Waals surface area contributed by atoms with Gasteiger partial charge in [0.05, 0.1) is 12.5 Å². The molecule has 8 nitrogen and oxygen atoms in total. The van der Waals surface area contributed by atoms with E-state index in [2.05, 4.69) is 0 Å². The number of carbonyl (C=O) groups excluding carboxylic acids is 1. The average molecular weight is 729 g/mol. The predicted octanol–water partition coefficient (Wildman–Crippen LogP) is 7.56. The Hall–Kier alpha value is -4.82. The van der Waals surface area contributed by atoms with Gasteiger partial charge in [-0.25, -0.2) is 35.2 Å². The van der Waals surface area contributed by atoms with E-state index in [1.165, 1.54) is 35.1 Å². The molecule has 0 bridgehead atoms. The number of carbonyl (C=O) groups is 2. The van der Waals surface area contributed by atoms with Crippen LogP contribution in [-0.2, 0) is 28.0 Å². The molecule has 2 fully saturated rings. The molecule has 1 heterocycles. The summed E-state index contributed by atoms with van der Waals surface area (Å²) in [5.41, 5.74) is 2.71. The molecule has 14 heteroatoms. The van der Waals surface area contributed by atoms with Crippen molar-refractivity contribution in [1.82, 2.24) is 4.31 Å². The summed E-state index contributed by atoms with van der Waals surface area (Å²) in [6.07, 6.45) is 5.66. The fourth-order valence-electron chi connectivity index (χ4n) is 6.47. The molecule has 1 saturated carbocycles. The van der Waals surface area contributed by atoms with E-state index in [0.29, 0.717) is 15.8 Å². The zero-order valence-electron chi connectivity index (χ0n) is 27.1. The molecule has 268 valence electrons. The lowest BCUT2D eigenvalue weighted by Gasteiger charge is -2.39. The van der Waals surface area contributed by atoms with Crippen molar-refractivity contribution < 1.29 is 49.8 Å². The fourth-order valence-corrected chi connectivity index (χ4v) is 8.11. The smallest absolute Gasteiger partial charge is 0.339 e. The Labute approximate surface area is 291 Å². The van der Waals surface area contributed by atoms with Crippen molar-refractivity contribution in [2.45, 2.75) is 56.1 Å². The van der Waals surface area contributed by atoms with Crippen LogP contribution in [-0.4, -0.2) is 42.8 Å². The van der Waals surface area contributed by atoms with Crippen molar-refractivity contribution in [3.8, 4) is 5.75 Å². The number of anilines is 1. The van der Waals surface area contributed by atoms with Gasteiger partial charge in [-0.3, -0.25) is 4.79 Å². The third-order valence-electron chi connectivity index (χ3n) is 9.37. The minimum atomic E-state index is -5.23. The van der Waals surface area contributed by atoms with Crippen LogP contribution in [0.3, 0.4) is 0 Å². The Balaban J connectivity index is 1.29. The standard InChI is InChI=1S/C37H33F5N2O6S/c38-30-31(39)33(41)35(34(42)32(30)40)51(48,49)43-19-26(20-43)36(45)44(18-22-11-13-25(14-12-22)24-9-5-2-6-10-24)27-15-16-28(37(46)47)29(17-27)50-21-23-7-3-1-4-8-23/h1,3-4,7-8,11-17,24,26H,2,5-6,9-10,18-21H2,(H,46,47). The van der Waals surface area contributed by atoms with Crippen molar-refractivity contribution in [2.24, 2.45) is 5.92 Å². The highest BCUT2D eigenvalue weighted by atomic mass is 32.2. The number of carboxylic acids is 1. The lowest BCUT2D eigenvalue weighted by molar-refractivity contribution is -0.125. The molecule has 6 rings (SSSR count). The Kier molecular flexibility index (Phi) is 10.4. The molecular formula is C37H33F5N2O6S. The third-order valence-corrected chi connectivity index (χ3v) is 11.2. The van der Waals surface area contributed by atoms with Gasteiger partial charge in [0.1, 0.15) is 17.9 Å². The molecule has 1 N–H and O–H groups in total. The molecular weight excluding hydrogens is 695 g/mol. The predicted molar refractivity (Wildman–Crippen MR) is 176 cm³/mol. The number of nitrogens with zero attached hydrogens (tertiary/aromatic N) is 2. The number of benzene rings is 4. The van der Waals surface area contributed by atoms with Gasteiger partial charge in [-0.15, -0.1) is 0 Å². The molecule has 0 atom stereocenters. The number of rotatable bonds is 11. The molecule has 51 heavy (non-hydrogen) atoms. The molecule has 1 saturated heterocycles. The Morgan fingerprint density at radius 2 is 1.39 bits per heavy atom. The molecule has 4 aromatic carbocycles. The number of ether oxygens (including phenoxy) is 1. The van der Waals surface area contributed by atoms with E-state index in [4.69, 9.17) is 4.74 Å². The number of amides is 1. The van der Waals surface area contributed by atoms with E-state index < -0.39 is 74.9 Å². The fraction of sp³-hybridized carbons (Fsp3) is 0.297. The Morgan fingerprint density at radius 1 is 0.784 bits per heavy atom. The number of carboxylic acid groups (broad SMARTS) is 1. The summed E-state index contributed by atoms with van der Waals surface area (Å²) in [5.74, 6) is -14.9. The summed E-state index contributed by atoms with van der Waals surface area (Å²) in [7, 11) is -5.23. The zero-order chi connectivity index (χ0) is 36.4. The van der Waals surface area contributed by atoms with Crippen molar-refractivity contribution in [2.75, 3.05) is 18.0 Å². The summed E-state index contributed by atoms with van der Waals surface area (Å²) in [6, 6.07) is 20.8. The summed E-state index contributed by atoms with van der Waals surface area (Å²) in [6.45, 7) is -1.21. The van der Waals surface area contributed by atoms with Crippen molar-refractivity contribution in [3.63, 3.8) is 0 Å². The van der Waals surface area contributed by atoms with Crippen LogP contribution in [0.25, 0.3) is 0 Å². The lowest BCUT2D eigenvalue weighted by Crippen LogP contribution is -2.56. The van der Waals surface area contributed by atoms with Crippen LogP contribution in [0.1, 0.15) is 65.1 Å². The molecule has 1 amide bonds. The number of aromatic carboxylic acids is 1. The van der Waals surface area contributed by atoms with Gasteiger partial charge >= 0.3 is 5.97 Å². The second-order valence-corrected chi connectivity index (χ2v) is 14.6. The first-order valence-electron chi connectivity index (χ1n) is 16.3. The van der Waals surface area contributed by atoms with Crippen LogP contribution in [0, 0.1) is 35.0 Å². The van der Waals surface area contributed by atoms with Gasteiger partial charge in [0, 0.05) is 24.8 Å². The second kappa shape index (κ2) is 14.8. The summed E-state index contributed by atoms with van der Waals surface area (Å²) in [4.78, 5) is 25.5. The highest BCUT2D eigenvalue weighted by Crippen LogP contribution is 2.36. The van der Waals surface area contributed by atoms with Gasteiger partial charge < -0.3 is 14.7 Å². The van der Waals surface area contributed by atoms with Crippen LogP contribution >= 0.6 is 0 Å². The average Bonchev–Trinajstić information content (AvgIpc) is 3.11. The van der Waals surface area contributed by atoms with Gasteiger partial charge in [0.2, 0.25) is 21.7 Å². The SMILES string of the molecule is O=C(O)c1ccc(N(Cc2ccc(C3CCCCC3)cc2)C(=O)C2CN(S(=O)(=O)c3c(F)c(F)c(F)c(F)c3F)C2)cc1OCc1ccccc1. The first kappa shape index (κ1) is 36.0. The molecule has 0 aromatic heterocycles. The van der Waals surface area contributed by atoms with Gasteiger partial charge in [-0.2, -0.15) is 4.31 Å². The first-order valence-corrected chi connectivity index (χ1v) is 17.8. The van der Waals surface area contributed by atoms with Crippen LogP contribution in [0.4, 0.5) is 27.6 Å². The molecule has 0 unspecified atom stereocenters. The quantitative estimate of drug-likeness (QED) is 0.0972. The van der Waals surface area contributed by atoms with E-state index in [1.807, 2.05) is 30.3 Å². The van der Waals surface area contributed by atoms with E-state index in [9.17, 15) is 45.1 Å². The van der Waals surface area contributed by atoms with E-state index in [-0.39, 0.29) is 30.2 Å². The maximum atomic E-state index is 14.5. The van der Waals surface area contributed by atoms with Crippen molar-refractivity contribution in [1.29, 1.82) is 0 Å². The van der Waals surface area contributed by atoms with E-state index in [1.54, 1.807) is 24.3 Å². The maximum absolute atomic E-state index is 14.5. The largest absolute Gasteiger partial charge is 0.488 e. The molecule has 0 spiro atoms. The van der Waals surface area contributed by atoms with Gasteiger partial charge in [-0.1, -0.05) is 73.9 Å². The maximum Gasteiger partial charge on any atom is 0.339 e. The number of hydrogen-bond donors (Lipinski definition) is 1. The highest BCUT2D eigenvalue weighted by Gasteiger charge is 2.46. The van der Waals surface area contributed by atoms with Gasteiger partial charge in [0.25, 0.3) is 0 Å². The topological polar surface area (TPSA) is 104 Å².